The van der Waals surface area contributed by atoms with Crippen LogP contribution in [0.4, 0.5) is 0 Å². The van der Waals surface area contributed by atoms with Gasteiger partial charge in [-0.2, -0.15) is 0 Å². The zero-order chi connectivity index (χ0) is 12.0. The van der Waals surface area contributed by atoms with Crippen molar-refractivity contribution in [1.29, 1.82) is 0 Å². The Morgan fingerprint density at radius 3 is 2.56 bits per heavy atom. The molecule has 0 aromatic rings. The van der Waals surface area contributed by atoms with Gasteiger partial charge >= 0.3 is 0 Å². The molecule has 0 spiro atoms. The molecule has 1 fully saturated rings. The zero-order valence-electron chi connectivity index (χ0n) is 10.2. The van der Waals surface area contributed by atoms with Crippen LogP contribution in [-0.4, -0.2) is 29.7 Å². The van der Waals surface area contributed by atoms with Crippen molar-refractivity contribution in [2.75, 3.05) is 13.2 Å². The molecule has 1 aliphatic carbocycles. The molecule has 94 valence electrons. The van der Waals surface area contributed by atoms with Gasteiger partial charge in [-0.3, -0.25) is 4.79 Å². The summed E-state index contributed by atoms with van der Waals surface area (Å²) in [6.45, 7) is 2.65. The van der Waals surface area contributed by atoms with E-state index in [0.717, 1.165) is 32.1 Å². The van der Waals surface area contributed by atoms with E-state index < -0.39 is 0 Å². The highest BCUT2D eigenvalue weighted by Crippen LogP contribution is 2.29. The minimum absolute atomic E-state index is 0.0354. The van der Waals surface area contributed by atoms with Crippen LogP contribution < -0.4 is 11.1 Å². The molecule has 16 heavy (non-hydrogen) atoms. The summed E-state index contributed by atoms with van der Waals surface area (Å²) in [5, 5.41) is 12.4. The van der Waals surface area contributed by atoms with E-state index in [9.17, 15) is 9.90 Å². The average molecular weight is 228 g/mol. The lowest BCUT2D eigenvalue weighted by Crippen LogP contribution is -2.49. The molecule has 4 heteroatoms. The Labute approximate surface area is 97.6 Å². The van der Waals surface area contributed by atoms with Crippen LogP contribution in [0.1, 0.15) is 45.4 Å². The van der Waals surface area contributed by atoms with Crippen molar-refractivity contribution >= 4 is 5.91 Å². The predicted molar refractivity (Wildman–Crippen MR) is 63.9 cm³/mol. The van der Waals surface area contributed by atoms with Crippen LogP contribution in [0.5, 0.6) is 0 Å². The van der Waals surface area contributed by atoms with Gasteiger partial charge in [-0.1, -0.05) is 26.2 Å². The molecule has 0 bridgehead atoms. The summed E-state index contributed by atoms with van der Waals surface area (Å²) >= 11 is 0. The number of amides is 1. The third-order valence-corrected chi connectivity index (χ3v) is 3.65. The highest BCUT2D eigenvalue weighted by Gasteiger charge is 2.34. The van der Waals surface area contributed by atoms with Crippen LogP contribution in [0, 0.1) is 5.92 Å². The maximum Gasteiger partial charge on any atom is 0.220 e. The van der Waals surface area contributed by atoms with Crippen molar-refractivity contribution in [2.45, 2.75) is 51.0 Å². The second-order valence-electron chi connectivity index (χ2n) is 4.91. The SMILES string of the molecule is CCC(CN)CC(=O)NC1(CO)CCCC1. The van der Waals surface area contributed by atoms with Crippen molar-refractivity contribution in [3.8, 4) is 0 Å². The molecule has 0 radical (unpaired) electrons. The van der Waals surface area contributed by atoms with Gasteiger partial charge in [0.15, 0.2) is 0 Å². The molecule has 1 saturated carbocycles. The Kier molecular flexibility index (Phi) is 5.22. The van der Waals surface area contributed by atoms with Crippen molar-refractivity contribution in [3.63, 3.8) is 0 Å². The number of rotatable bonds is 6. The van der Waals surface area contributed by atoms with Gasteiger partial charge in [0.2, 0.25) is 5.91 Å². The largest absolute Gasteiger partial charge is 0.394 e. The van der Waals surface area contributed by atoms with Gasteiger partial charge in [0.1, 0.15) is 0 Å². The first-order chi connectivity index (χ1) is 7.65. The number of nitrogens with two attached hydrogens (primary N) is 1. The first kappa shape index (κ1) is 13.5. The molecule has 1 aliphatic rings. The number of carbonyl (C=O) groups is 1. The van der Waals surface area contributed by atoms with Crippen LogP contribution in [0.3, 0.4) is 0 Å². The number of carbonyl (C=O) groups excluding carboxylic acids is 1. The van der Waals surface area contributed by atoms with Crippen LogP contribution in [0.15, 0.2) is 0 Å². The van der Waals surface area contributed by atoms with Gasteiger partial charge in [0.25, 0.3) is 0 Å². The number of aliphatic hydroxyl groups is 1. The summed E-state index contributed by atoms with van der Waals surface area (Å²) < 4.78 is 0. The Balaban J connectivity index is 2.43. The summed E-state index contributed by atoms with van der Waals surface area (Å²) in [4.78, 5) is 11.8. The van der Waals surface area contributed by atoms with E-state index in [0.29, 0.717) is 13.0 Å². The van der Waals surface area contributed by atoms with E-state index in [-0.39, 0.29) is 24.0 Å². The lowest BCUT2D eigenvalue weighted by atomic mass is 9.96. The quantitative estimate of drug-likeness (QED) is 0.629. The second-order valence-corrected chi connectivity index (χ2v) is 4.91. The maximum atomic E-state index is 11.8. The summed E-state index contributed by atoms with van der Waals surface area (Å²) in [6.07, 6.45) is 5.39. The second kappa shape index (κ2) is 6.21. The van der Waals surface area contributed by atoms with E-state index >= 15 is 0 Å². The highest BCUT2D eigenvalue weighted by molar-refractivity contribution is 5.77. The van der Waals surface area contributed by atoms with Crippen LogP contribution in [0.2, 0.25) is 0 Å². The van der Waals surface area contributed by atoms with E-state index in [4.69, 9.17) is 5.73 Å². The molecular weight excluding hydrogens is 204 g/mol. The number of hydrogen-bond acceptors (Lipinski definition) is 3. The standard InChI is InChI=1S/C12H24N2O2/c1-2-10(8-13)7-11(16)14-12(9-15)5-3-4-6-12/h10,15H,2-9,13H2,1H3,(H,14,16). The molecule has 0 aliphatic heterocycles. The number of aliphatic hydroxyl groups excluding tert-OH is 1. The molecule has 0 heterocycles. The van der Waals surface area contributed by atoms with Gasteiger partial charge in [-0.25, -0.2) is 0 Å². The zero-order valence-corrected chi connectivity index (χ0v) is 10.2. The van der Waals surface area contributed by atoms with Crippen LogP contribution in [0.25, 0.3) is 0 Å². The Bertz CT molecular complexity index is 221. The molecular formula is C12H24N2O2. The third kappa shape index (κ3) is 3.46. The van der Waals surface area contributed by atoms with Crippen molar-refractivity contribution < 1.29 is 9.90 Å². The minimum atomic E-state index is -0.343. The summed E-state index contributed by atoms with van der Waals surface area (Å²) in [7, 11) is 0. The Hall–Kier alpha value is -0.610. The van der Waals surface area contributed by atoms with Gasteiger partial charge < -0.3 is 16.2 Å². The normalized spacial score (nSPS) is 20.7. The lowest BCUT2D eigenvalue weighted by Gasteiger charge is -2.28. The number of nitrogens with one attached hydrogen (secondary N) is 1. The fourth-order valence-electron chi connectivity index (χ4n) is 2.38. The molecule has 4 N–H and O–H groups in total. The first-order valence-electron chi connectivity index (χ1n) is 6.27. The summed E-state index contributed by atoms with van der Waals surface area (Å²) in [5.74, 6) is 0.297. The topological polar surface area (TPSA) is 75.4 Å². The van der Waals surface area contributed by atoms with Gasteiger partial charge in [-0.15, -0.1) is 0 Å². The predicted octanol–water partition coefficient (Wildman–Crippen LogP) is 0.783. The average Bonchev–Trinajstić information content (AvgIpc) is 2.75. The summed E-state index contributed by atoms with van der Waals surface area (Å²) in [6, 6.07) is 0. The smallest absolute Gasteiger partial charge is 0.220 e. The Morgan fingerprint density at radius 2 is 2.12 bits per heavy atom. The van der Waals surface area contributed by atoms with Crippen molar-refractivity contribution in [1.82, 2.24) is 5.32 Å². The van der Waals surface area contributed by atoms with Crippen LogP contribution >= 0.6 is 0 Å². The fourth-order valence-corrected chi connectivity index (χ4v) is 2.38. The van der Waals surface area contributed by atoms with E-state index in [2.05, 4.69) is 5.32 Å². The molecule has 1 rings (SSSR count). The number of hydrogen-bond donors (Lipinski definition) is 3. The van der Waals surface area contributed by atoms with Gasteiger partial charge in [-0.05, 0) is 25.3 Å². The molecule has 0 aromatic carbocycles. The highest BCUT2D eigenvalue weighted by atomic mass is 16.3. The fraction of sp³-hybridized carbons (Fsp3) is 0.917. The van der Waals surface area contributed by atoms with E-state index in [1.54, 1.807) is 0 Å². The van der Waals surface area contributed by atoms with E-state index in [1.165, 1.54) is 0 Å². The first-order valence-corrected chi connectivity index (χ1v) is 6.27. The molecule has 1 amide bonds. The molecule has 0 aromatic heterocycles. The minimum Gasteiger partial charge on any atom is -0.394 e. The molecule has 0 saturated heterocycles. The van der Waals surface area contributed by atoms with Gasteiger partial charge in [0.05, 0.1) is 12.1 Å². The molecule has 4 nitrogen and oxygen atoms in total. The van der Waals surface area contributed by atoms with Crippen molar-refractivity contribution in [3.05, 3.63) is 0 Å². The molecule has 1 unspecified atom stereocenters. The molecule has 1 atom stereocenters. The lowest BCUT2D eigenvalue weighted by molar-refractivity contribution is -0.124. The third-order valence-electron chi connectivity index (χ3n) is 3.65. The monoisotopic (exact) mass is 228 g/mol. The van der Waals surface area contributed by atoms with Gasteiger partial charge in [0, 0.05) is 6.42 Å². The maximum absolute atomic E-state index is 11.8. The Morgan fingerprint density at radius 1 is 1.50 bits per heavy atom. The van der Waals surface area contributed by atoms with Crippen molar-refractivity contribution in [2.24, 2.45) is 11.7 Å². The summed E-state index contributed by atoms with van der Waals surface area (Å²) in [5.41, 5.74) is 5.23. The van der Waals surface area contributed by atoms with E-state index in [1.807, 2.05) is 6.92 Å². The van der Waals surface area contributed by atoms with Crippen LogP contribution in [-0.2, 0) is 4.79 Å².